The number of ether oxygens (including phenoxy) is 2. The number of carbonyl (C=O) groups excluding carboxylic acids is 1. The Morgan fingerprint density at radius 3 is 2.78 bits per heavy atom. The van der Waals surface area contributed by atoms with Gasteiger partial charge in [-0.15, -0.1) is 11.8 Å². The molecule has 0 radical (unpaired) electrons. The molecule has 1 heterocycles. The number of nitrogens with one attached hydrogen (secondary N) is 2. The van der Waals surface area contributed by atoms with Crippen molar-refractivity contribution in [3.05, 3.63) is 48.0 Å². The highest BCUT2D eigenvalue weighted by Crippen LogP contribution is 2.31. The van der Waals surface area contributed by atoms with Gasteiger partial charge in [0.15, 0.2) is 6.54 Å². The van der Waals surface area contributed by atoms with E-state index in [0.29, 0.717) is 6.54 Å². The number of quaternary nitrogens is 1. The van der Waals surface area contributed by atoms with Crippen LogP contribution >= 0.6 is 11.8 Å². The predicted octanol–water partition coefficient (Wildman–Crippen LogP) is 2.78. The summed E-state index contributed by atoms with van der Waals surface area (Å²) in [6.07, 6.45) is 4.17. The van der Waals surface area contributed by atoms with Crippen molar-refractivity contribution in [2.45, 2.75) is 23.8 Å². The molecule has 1 fully saturated rings. The van der Waals surface area contributed by atoms with E-state index in [-0.39, 0.29) is 11.9 Å². The number of anilines is 1. The molecular formula is C21H27N2O3S+. The lowest BCUT2D eigenvalue weighted by atomic mass is 10.0. The van der Waals surface area contributed by atoms with Crippen molar-refractivity contribution in [3.63, 3.8) is 0 Å². The molecule has 6 heteroatoms. The van der Waals surface area contributed by atoms with Crippen LogP contribution in [0.25, 0.3) is 0 Å². The normalized spacial score (nSPS) is 18.9. The number of hydrogen-bond acceptors (Lipinski definition) is 4. The molecule has 1 aliphatic rings. The predicted molar refractivity (Wildman–Crippen MR) is 109 cm³/mol. The van der Waals surface area contributed by atoms with Crippen molar-refractivity contribution in [1.29, 1.82) is 0 Å². The zero-order valence-electron chi connectivity index (χ0n) is 16.1. The van der Waals surface area contributed by atoms with Gasteiger partial charge in [-0.05, 0) is 30.5 Å². The molecule has 0 spiro atoms. The number of methoxy groups -OCH3 is 2. The third kappa shape index (κ3) is 4.57. The number of amides is 1. The van der Waals surface area contributed by atoms with Crippen LogP contribution in [0.3, 0.4) is 0 Å². The molecule has 3 rings (SSSR count). The summed E-state index contributed by atoms with van der Waals surface area (Å²) in [6, 6.07) is 14.1. The molecule has 1 aliphatic heterocycles. The molecule has 0 bridgehead atoms. The summed E-state index contributed by atoms with van der Waals surface area (Å²) in [4.78, 5) is 15.0. The molecule has 0 saturated carbocycles. The Kier molecular flexibility index (Phi) is 6.63. The van der Waals surface area contributed by atoms with Crippen LogP contribution in [-0.2, 0) is 4.79 Å². The summed E-state index contributed by atoms with van der Waals surface area (Å²) < 4.78 is 10.9. The van der Waals surface area contributed by atoms with E-state index in [0.717, 1.165) is 47.0 Å². The number of benzene rings is 2. The van der Waals surface area contributed by atoms with E-state index >= 15 is 0 Å². The van der Waals surface area contributed by atoms with Gasteiger partial charge in [0.05, 0.1) is 32.0 Å². The van der Waals surface area contributed by atoms with Gasteiger partial charge in [0.1, 0.15) is 17.5 Å². The molecule has 2 N–H and O–H groups in total. The van der Waals surface area contributed by atoms with Crippen LogP contribution in [0.5, 0.6) is 11.5 Å². The fraction of sp³-hybridized carbons (Fsp3) is 0.381. The van der Waals surface area contributed by atoms with Gasteiger partial charge in [-0.2, -0.15) is 0 Å². The Labute approximate surface area is 165 Å². The van der Waals surface area contributed by atoms with Gasteiger partial charge in [0.2, 0.25) is 0 Å². The lowest BCUT2D eigenvalue weighted by Gasteiger charge is -2.23. The first kappa shape index (κ1) is 19.6. The minimum Gasteiger partial charge on any atom is -0.497 e. The maximum atomic E-state index is 12.7. The smallest absolute Gasteiger partial charge is 0.279 e. The number of rotatable bonds is 7. The summed E-state index contributed by atoms with van der Waals surface area (Å²) in [7, 11) is 3.33. The SMILES string of the molecule is COc1ccc([C@H]2CCC[NH+]2CC(=O)Nc2ccccc2SC)c(OC)c1. The summed E-state index contributed by atoms with van der Waals surface area (Å²) >= 11 is 1.64. The fourth-order valence-corrected chi connectivity index (χ4v) is 4.31. The number of likely N-dealkylation sites (tertiary alicyclic amines) is 1. The fourth-order valence-electron chi connectivity index (χ4n) is 3.75. The Morgan fingerprint density at radius 2 is 2.04 bits per heavy atom. The Bertz CT molecular complexity index is 797. The molecule has 5 nitrogen and oxygen atoms in total. The van der Waals surface area contributed by atoms with E-state index < -0.39 is 0 Å². The van der Waals surface area contributed by atoms with E-state index in [1.54, 1.807) is 26.0 Å². The highest BCUT2D eigenvalue weighted by atomic mass is 32.2. The van der Waals surface area contributed by atoms with Crippen LogP contribution in [0.1, 0.15) is 24.4 Å². The Morgan fingerprint density at radius 1 is 1.22 bits per heavy atom. The summed E-state index contributed by atoms with van der Waals surface area (Å²) in [5.41, 5.74) is 2.02. The standard InChI is InChI=1S/C21H26N2O3S/c1-25-15-10-11-16(19(13-15)26-2)18-8-6-12-23(18)14-21(24)22-17-7-4-5-9-20(17)27-3/h4-5,7,9-11,13,18H,6,8,12,14H2,1-3H3,(H,22,24)/p+1/t18-/m1/s1. The largest absolute Gasteiger partial charge is 0.497 e. The number of thioether (sulfide) groups is 1. The lowest BCUT2D eigenvalue weighted by Crippen LogP contribution is -3.11. The zero-order chi connectivity index (χ0) is 19.2. The van der Waals surface area contributed by atoms with Crippen molar-refractivity contribution >= 4 is 23.4 Å². The van der Waals surface area contributed by atoms with Crippen molar-refractivity contribution in [3.8, 4) is 11.5 Å². The second-order valence-corrected chi connectivity index (χ2v) is 7.48. The number of hydrogen-bond donors (Lipinski definition) is 2. The zero-order valence-corrected chi connectivity index (χ0v) is 16.9. The summed E-state index contributed by atoms with van der Waals surface area (Å²) in [5, 5.41) is 3.08. The van der Waals surface area contributed by atoms with Gasteiger partial charge < -0.3 is 19.7 Å². The lowest BCUT2D eigenvalue weighted by molar-refractivity contribution is -0.910. The van der Waals surface area contributed by atoms with Crippen LogP contribution in [-0.4, -0.2) is 39.5 Å². The highest BCUT2D eigenvalue weighted by Gasteiger charge is 2.33. The minimum atomic E-state index is 0.0471. The molecule has 27 heavy (non-hydrogen) atoms. The molecule has 0 aliphatic carbocycles. The molecule has 1 amide bonds. The topological polar surface area (TPSA) is 52.0 Å². The van der Waals surface area contributed by atoms with Gasteiger partial charge >= 0.3 is 0 Å². The first-order chi connectivity index (χ1) is 13.2. The van der Waals surface area contributed by atoms with E-state index in [2.05, 4.69) is 11.4 Å². The molecule has 2 aromatic carbocycles. The molecule has 2 atom stereocenters. The monoisotopic (exact) mass is 387 g/mol. The van der Waals surface area contributed by atoms with Crippen molar-refractivity contribution in [2.24, 2.45) is 0 Å². The molecule has 2 aromatic rings. The van der Waals surface area contributed by atoms with Crippen molar-refractivity contribution in [1.82, 2.24) is 0 Å². The Hall–Kier alpha value is -2.18. The molecule has 1 saturated heterocycles. The molecular weight excluding hydrogens is 360 g/mol. The average molecular weight is 388 g/mol. The summed E-state index contributed by atoms with van der Waals surface area (Å²) in [5.74, 6) is 1.65. The Balaban J connectivity index is 1.72. The van der Waals surface area contributed by atoms with Crippen LogP contribution in [0, 0.1) is 0 Å². The van der Waals surface area contributed by atoms with Gasteiger partial charge in [0.25, 0.3) is 5.91 Å². The van der Waals surface area contributed by atoms with Crippen LogP contribution in [0.4, 0.5) is 5.69 Å². The molecule has 0 aromatic heterocycles. The van der Waals surface area contributed by atoms with E-state index in [1.807, 2.05) is 42.7 Å². The van der Waals surface area contributed by atoms with E-state index in [4.69, 9.17) is 9.47 Å². The van der Waals surface area contributed by atoms with E-state index in [9.17, 15) is 4.79 Å². The quantitative estimate of drug-likeness (QED) is 0.718. The number of para-hydroxylation sites is 1. The molecule has 144 valence electrons. The van der Waals surface area contributed by atoms with Gasteiger partial charge in [-0.3, -0.25) is 4.79 Å². The second-order valence-electron chi connectivity index (χ2n) is 6.64. The van der Waals surface area contributed by atoms with Crippen LogP contribution in [0.2, 0.25) is 0 Å². The van der Waals surface area contributed by atoms with Crippen LogP contribution in [0.15, 0.2) is 47.4 Å². The third-order valence-corrected chi connectivity index (χ3v) is 5.86. The van der Waals surface area contributed by atoms with Crippen molar-refractivity contribution < 1.29 is 19.2 Å². The maximum absolute atomic E-state index is 12.7. The first-order valence-corrected chi connectivity index (χ1v) is 10.4. The number of carbonyl (C=O) groups is 1. The van der Waals surface area contributed by atoms with Crippen molar-refractivity contribution in [2.75, 3.05) is 38.9 Å². The second kappa shape index (κ2) is 9.15. The molecule has 1 unspecified atom stereocenters. The van der Waals surface area contributed by atoms with Gasteiger partial charge in [-0.25, -0.2) is 0 Å². The highest BCUT2D eigenvalue weighted by molar-refractivity contribution is 7.98. The maximum Gasteiger partial charge on any atom is 0.279 e. The van der Waals surface area contributed by atoms with E-state index in [1.165, 1.54) is 4.90 Å². The average Bonchev–Trinajstić information content (AvgIpc) is 3.15. The van der Waals surface area contributed by atoms with Crippen LogP contribution < -0.4 is 19.7 Å². The summed E-state index contributed by atoms with van der Waals surface area (Å²) in [6.45, 7) is 1.43. The first-order valence-electron chi connectivity index (χ1n) is 9.15. The third-order valence-electron chi connectivity index (χ3n) is 5.07. The van der Waals surface area contributed by atoms with Gasteiger partial charge in [-0.1, -0.05) is 12.1 Å². The minimum absolute atomic E-state index is 0.0471. The van der Waals surface area contributed by atoms with Gasteiger partial charge in [0, 0.05) is 23.8 Å².